The summed E-state index contributed by atoms with van der Waals surface area (Å²) in [5.41, 5.74) is 6.52. The summed E-state index contributed by atoms with van der Waals surface area (Å²) < 4.78 is 0. The maximum absolute atomic E-state index is 10.8. The van der Waals surface area contributed by atoms with E-state index in [1.807, 2.05) is 6.07 Å². The van der Waals surface area contributed by atoms with Gasteiger partial charge in [0.2, 0.25) is 5.91 Å². The zero-order valence-corrected chi connectivity index (χ0v) is 10.6. The lowest BCUT2D eigenvalue weighted by Gasteiger charge is -2.20. The minimum Gasteiger partial charge on any atom is -0.370 e. The average molecular weight is 234 g/mol. The number of rotatable bonds is 8. The Kier molecular flexibility index (Phi) is 6.33. The Bertz CT molecular complexity index is 324. The maximum Gasteiger partial charge on any atom is 0.218 e. The first-order valence-corrected chi connectivity index (χ1v) is 6.27. The third-order valence-electron chi connectivity index (χ3n) is 2.77. The highest BCUT2D eigenvalue weighted by molar-refractivity contribution is 5.73. The highest BCUT2D eigenvalue weighted by Crippen LogP contribution is 2.02. The second-order valence-corrected chi connectivity index (χ2v) is 4.29. The molecule has 0 saturated carbocycles. The minimum absolute atomic E-state index is 0.217. The third kappa shape index (κ3) is 6.07. The summed E-state index contributed by atoms with van der Waals surface area (Å²) >= 11 is 0. The van der Waals surface area contributed by atoms with Crippen molar-refractivity contribution >= 4 is 5.91 Å². The number of carbonyl (C=O) groups excluding carboxylic acids is 1. The van der Waals surface area contributed by atoms with Crippen LogP contribution in [0.2, 0.25) is 0 Å². The summed E-state index contributed by atoms with van der Waals surface area (Å²) in [4.78, 5) is 13.1. The van der Waals surface area contributed by atoms with Gasteiger partial charge in [-0.15, -0.1) is 0 Å². The van der Waals surface area contributed by atoms with Gasteiger partial charge in [0.05, 0.1) is 0 Å². The lowest BCUT2D eigenvalue weighted by molar-refractivity contribution is -0.118. The van der Waals surface area contributed by atoms with Crippen LogP contribution >= 0.6 is 0 Å². The Morgan fingerprint density at radius 3 is 2.47 bits per heavy atom. The summed E-state index contributed by atoms with van der Waals surface area (Å²) in [6.45, 7) is 4.95. The number of hydrogen-bond acceptors (Lipinski definition) is 2. The Morgan fingerprint density at radius 2 is 1.88 bits per heavy atom. The smallest absolute Gasteiger partial charge is 0.218 e. The number of primary amides is 1. The monoisotopic (exact) mass is 234 g/mol. The molecule has 1 aromatic carbocycles. The molecule has 0 aromatic heterocycles. The van der Waals surface area contributed by atoms with Gasteiger partial charge in [-0.3, -0.25) is 4.79 Å². The number of carbonyl (C=O) groups is 1. The molecule has 0 unspecified atom stereocenters. The molecule has 0 fully saturated rings. The molecular weight excluding hydrogens is 212 g/mol. The van der Waals surface area contributed by atoms with Crippen molar-refractivity contribution in [2.75, 3.05) is 19.6 Å². The minimum atomic E-state index is -0.217. The summed E-state index contributed by atoms with van der Waals surface area (Å²) in [7, 11) is 0. The van der Waals surface area contributed by atoms with Crippen LogP contribution in [-0.2, 0) is 11.2 Å². The first-order valence-electron chi connectivity index (χ1n) is 6.27. The fourth-order valence-corrected chi connectivity index (χ4v) is 1.85. The van der Waals surface area contributed by atoms with Crippen LogP contribution in [0.1, 0.15) is 25.3 Å². The van der Waals surface area contributed by atoms with Crippen LogP contribution in [0.4, 0.5) is 0 Å². The van der Waals surface area contributed by atoms with E-state index in [-0.39, 0.29) is 5.91 Å². The SMILES string of the molecule is CCCN(CCC(N)=O)CCc1ccccc1. The van der Waals surface area contributed by atoms with E-state index in [4.69, 9.17) is 5.73 Å². The second kappa shape index (κ2) is 7.85. The second-order valence-electron chi connectivity index (χ2n) is 4.29. The van der Waals surface area contributed by atoms with Crippen molar-refractivity contribution in [1.29, 1.82) is 0 Å². The highest BCUT2D eigenvalue weighted by atomic mass is 16.1. The zero-order valence-electron chi connectivity index (χ0n) is 10.6. The van der Waals surface area contributed by atoms with Gasteiger partial charge in [0.1, 0.15) is 0 Å². The molecule has 1 aromatic rings. The van der Waals surface area contributed by atoms with Gasteiger partial charge in [0.15, 0.2) is 0 Å². The van der Waals surface area contributed by atoms with Gasteiger partial charge in [0, 0.05) is 19.5 Å². The first-order chi connectivity index (χ1) is 8.22. The molecule has 0 spiro atoms. The third-order valence-corrected chi connectivity index (χ3v) is 2.77. The molecule has 94 valence electrons. The van der Waals surface area contributed by atoms with Gasteiger partial charge in [0.25, 0.3) is 0 Å². The molecule has 0 radical (unpaired) electrons. The van der Waals surface area contributed by atoms with Crippen LogP contribution in [-0.4, -0.2) is 30.4 Å². The van der Waals surface area contributed by atoms with Crippen molar-refractivity contribution < 1.29 is 4.79 Å². The van der Waals surface area contributed by atoms with Crippen LogP contribution in [0, 0.1) is 0 Å². The lowest BCUT2D eigenvalue weighted by Crippen LogP contribution is -2.30. The average Bonchev–Trinajstić information content (AvgIpc) is 2.34. The van der Waals surface area contributed by atoms with Crippen molar-refractivity contribution in [1.82, 2.24) is 4.90 Å². The van der Waals surface area contributed by atoms with Crippen LogP contribution in [0.25, 0.3) is 0 Å². The molecule has 0 saturated heterocycles. The number of benzene rings is 1. The van der Waals surface area contributed by atoms with Crippen LogP contribution in [0.3, 0.4) is 0 Å². The van der Waals surface area contributed by atoms with Crippen LogP contribution < -0.4 is 5.73 Å². The van der Waals surface area contributed by atoms with E-state index >= 15 is 0 Å². The Balaban J connectivity index is 2.36. The number of amides is 1. The molecule has 0 atom stereocenters. The topological polar surface area (TPSA) is 46.3 Å². The van der Waals surface area contributed by atoms with Crippen LogP contribution in [0.5, 0.6) is 0 Å². The molecule has 1 rings (SSSR count). The van der Waals surface area contributed by atoms with Crippen molar-refractivity contribution in [3.8, 4) is 0 Å². The molecule has 0 heterocycles. The largest absolute Gasteiger partial charge is 0.370 e. The van der Waals surface area contributed by atoms with E-state index in [9.17, 15) is 4.79 Å². The summed E-state index contributed by atoms with van der Waals surface area (Å²) in [6.07, 6.45) is 2.59. The maximum atomic E-state index is 10.8. The predicted molar refractivity (Wildman–Crippen MR) is 70.7 cm³/mol. The molecule has 3 nitrogen and oxygen atoms in total. The first kappa shape index (κ1) is 13.7. The van der Waals surface area contributed by atoms with E-state index < -0.39 is 0 Å². The van der Waals surface area contributed by atoms with Gasteiger partial charge in [-0.25, -0.2) is 0 Å². The predicted octanol–water partition coefficient (Wildman–Crippen LogP) is 1.82. The van der Waals surface area contributed by atoms with Gasteiger partial charge in [-0.1, -0.05) is 37.3 Å². The van der Waals surface area contributed by atoms with Crippen molar-refractivity contribution in [3.63, 3.8) is 0 Å². The van der Waals surface area contributed by atoms with Gasteiger partial charge < -0.3 is 10.6 Å². The Morgan fingerprint density at radius 1 is 1.18 bits per heavy atom. The van der Waals surface area contributed by atoms with E-state index in [1.165, 1.54) is 5.56 Å². The summed E-state index contributed by atoms with van der Waals surface area (Å²) in [6, 6.07) is 10.4. The van der Waals surface area contributed by atoms with Gasteiger partial charge in [-0.2, -0.15) is 0 Å². The number of nitrogens with two attached hydrogens (primary N) is 1. The molecule has 1 amide bonds. The van der Waals surface area contributed by atoms with E-state index in [1.54, 1.807) is 0 Å². The van der Waals surface area contributed by atoms with E-state index in [0.29, 0.717) is 6.42 Å². The normalized spacial score (nSPS) is 10.7. The summed E-state index contributed by atoms with van der Waals surface area (Å²) in [5, 5.41) is 0. The van der Waals surface area contributed by atoms with E-state index in [0.717, 1.165) is 32.5 Å². The Hall–Kier alpha value is -1.35. The molecule has 0 aliphatic rings. The molecule has 2 N–H and O–H groups in total. The molecule has 0 aliphatic heterocycles. The van der Waals surface area contributed by atoms with Crippen molar-refractivity contribution in [3.05, 3.63) is 35.9 Å². The molecule has 3 heteroatoms. The zero-order chi connectivity index (χ0) is 12.5. The fraction of sp³-hybridized carbons (Fsp3) is 0.500. The number of hydrogen-bond donors (Lipinski definition) is 1. The standard InChI is InChI=1S/C14H22N2O/c1-2-10-16(12-9-14(15)17)11-8-13-6-4-3-5-7-13/h3-7H,2,8-12H2,1H3,(H2,15,17). The van der Waals surface area contributed by atoms with Crippen molar-refractivity contribution in [2.45, 2.75) is 26.2 Å². The molecular formula is C14H22N2O. The Labute approximate surface area is 104 Å². The molecule has 0 aliphatic carbocycles. The lowest BCUT2D eigenvalue weighted by atomic mass is 10.1. The van der Waals surface area contributed by atoms with Gasteiger partial charge in [-0.05, 0) is 24.9 Å². The van der Waals surface area contributed by atoms with Crippen LogP contribution in [0.15, 0.2) is 30.3 Å². The molecule has 17 heavy (non-hydrogen) atoms. The van der Waals surface area contributed by atoms with Crippen molar-refractivity contribution in [2.24, 2.45) is 5.73 Å². The summed E-state index contributed by atoms with van der Waals surface area (Å²) in [5.74, 6) is -0.217. The number of nitrogens with zero attached hydrogens (tertiary/aromatic N) is 1. The van der Waals surface area contributed by atoms with Gasteiger partial charge >= 0.3 is 0 Å². The van der Waals surface area contributed by atoms with E-state index in [2.05, 4.69) is 36.1 Å². The highest BCUT2D eigenvalue weighted by Gasteiger charge is 2.05. The fourth-order valence-electron chi connectivity index (χ4n) is 1.85. The molecule has 0 bridgehead atoms. The quantitative estimate of drug-likeness (QED) is 0.745.